The van der Waals surface area contributed by atoms with Crippen LogP contribution in [0, 0.1) is 13.8 Å². The maximum Gasteiger partial charge on any atom is 0.272 e. The van der Waals surface area contributed by atoms with E-state index in [1.165, 1.54) is 11.1 Å². The standard InChI is InChI=1S/C17H22N4O/c1-5-21(6-2)16(22)15-9-10-18-17(20-15)19-14-8-7-12(3)13(4)11-14/h7-11H,5-6H2,1-4H3,(H,18,19,20). The highest BCUT2D eigenvalue weighted by Crippen LogP contribution is 2.17. The summed E-state index contributed by atoms with van der Waals surface area (Å²) in [5, 5.41) is 3.15. The van der Waals surface area contributed by atoms with E-state index < -0.39 is 0 Å². The van der Waals surface area contributed by atoms with Crippen molar-refractivity contribution in [1.29, 1.82) is 0 Å². The van der Waals surface area contributed by atoms with Crippen molar-refractivity contribution in [3.05, 3.63) is 47.3 Å². The average Bonchev–Trinajstić information content (AvgIpc) is 2.52. The number of nitrogens with zero attached hydrogens (tertiary/aromatic N) is 3. The lowest BCUT2D eigenvalue weighted by atomic mass is 10.1. The Balaban J connectivity index is 2.21. The van der Waals surface area contributed by atoms with Gasteiger partial charge in [-0.15, -0.1) is 0 Å². The molecule has 0 saturated heterocycles. The molecular formula is C17H22N4O. The minimum Gasteiger partial charge on any atom is -0.338 e. The Bertz CT molecular complexity index is 665. The molecule has 22 heavy (non-hydrogen) atoms. The van der Waals surface area contributed by atoms with Crippen molar-refractivity contribution in [1.82, 2.24) is 14.9 Å². The van der Waals surface area contributed by atoms with Gasteiger partial charge in [0.1, 0.15) is 5.69 Å². The zero-order valence-electron chi connectivity index (χ0n) is 13.6. The number of benzene rings is 1. The van der Waals surface area contributed by atoms with Crippen LogP contribution in [0.5, 0.6) is 0 Å². The number of carbonyl (C=O) groups excluding carboxylic acids is 1. The van der Waals surface area contributed by atoms with Gasteiger partial charge in [0.05, 0.1) is 0 Å². The quantitative estimate of drug-likeness (QED) is 0.920. The monoisotopic (exact) mass is 298 g/mol. The van der Waals surface area contributed by atoms with Gasteiger partial charge in [-0.3, -0.25) is 4.79 Å². The Morgan fingerprint density at radius 2 is 1.86 bits per heavy atom. The lowest BCUT2D eigenvalue weighted by molar-refractivity contribution is 0.0767. The predicted molar refractivity (Wildman–Crippen MR) is 88.5 cm³/mol. The van der Waals surface area contributed by atoms with E-state index >= 15 is 0 Å². The van der Waals surface area contributed by atoms with Crippen LogP contribution in [0.25, 0.3) is 0 Å². The van der Waals surface area contributed by atoms with Crippen molar-refractivity contribution in [2.75, 3.05) is 18.4 Å². The van der Waals surface area contributed by atoms with Gasteiger partial charge in [0, 0.05) is 25.0 Å². The van der Waals surface area contributed by atoms with Crippen molar-refractivity contribution in [2.45, 2.75) is 27.7 Å². The van der Waals surface area contributed by atoms with E-state index in [1.807, 2.05) is 32.0 Å². The smallest absolute Gasteiger partial charge is 0.272 e. The highest BCUT2D eigenvalue weighted by molar-refractivity contribution is 5.92. The molecule has 0 bridgehead atoms. The number of aromatic nitrogens is 2. The molecule has 1 amide bonds. The molecule has 1 heterocycles. The molecular weight excluding hydrogens is 276 g/mol. The van der Waals surface area contributed by atoms with Crippen LogP contribution < -0.4 is 5.32 Å². The van der Waals surface area contributed by atoms with Crippen LogP contribution in [-0.4, -0.2) is 33.9 Å². The van der Waals surface area contributed by atoms with Crippen LogP contribution in [0.2, 0.25) is 0 Å². The van der Waals surface area contributed by atoms with Crippen LogP contribution in [0.1, 0.15) is 35.5 Å². The van der Waals surface area contributed by atoms with Crippen molar-refractivity contribution in [3.63, 3.8) is 0 Å². The summed E-state index contributed by atoms with van der Waals surface area (Å²) in [7, 11) is 0. The van der Waals surface area contributed by atoms with E-state index in [9.17, 15) is 4.79 Å². The van der Waals surface area contributed by atoms with Crippen LogP contribution >= 0.6 is 0 Å². The molecule has 0 radical (unpaired) electrons. The number of hydrogen-bond donors (Lipinski definition) is 1. The fourth-order valence-electron chi connectivity index (χ4n) is 2.16. The number of anilines is 2. The minimum atomic E-state index is -0.0736. The molecule has 0 unspecified atom stereocenters. The fourth-order valence-corrected chi connectivity index (χ4v) is 2.16. The molecule has 0 aliphatic rings. The molecule has 2 aromatic rings. The largest absolute Gasteiger partial charge is 0.338 e. The highest BCUT2D eigenvalue weighted by Gasteiger charge is 2.14. The normalized spacial score (nSPS) is 10.4. The third-order valence-electron chi connectivity index (χ3n) is 3.69. The number of carbonyl (C=O) groups is 1. The second-order valence-corrected chi connectivity index (χ2v) is 5.17. The number of hydrogen-bond acceptors (Lipinski definition) is 4. The second kappa shape index (κ2) is 7.02. The molecule has 5 heteroatoms. The van der Waals surface area contributed by atoms with Crippen LogP contribution in [0.3, 0.4) is 0 Å². The Morgan fingerprint density at radius 3 is 2.50 bits per heavy atom. The zero-order chi connectivity index (χ0) is 16.1. The Kier molecular flexibility index (Phi) is 5.09. The third-order valence-corrected chi connectivity index (χ3v) is 3.69. The summed E-state index contributed by atoms with van der Waals surface area (Å²) >= 11 is 0. The summed E-state index contributed by atoms with van der Waals surface area (Å²) in [5.74, 6) is 0.358. The Hall–Kier alpha value is -2.43. The summed E-state index contributed by atoms with van der Waals surface area (Å²) in [6.07, 6.45) is 1.60. The highest BCUT2D eigenvalue weighted by atomic mass is 16.2. The van der Waals surface area contributed by atoms with E-state index in [-0.39, 0.29) is 5.91 Å². The number of nitrogens with one attached hydrogen (secondary N) is 1. The van der Waals surface area contributed by atoms with Gasteiger partial charge in [-0.1, -0.05) is 6.07 Å². The lowest BCUT2D eigenvalue weighted by Gasteiger charge is -2.18. The van der Waals surface area contributed by atoms with Gasteiger partial charge in [-0.05, 0) is 57.0 Å². The van der Waals surface area contributed by atoms with Gasteiger partial charge < -0.3 is 10.2 Å². The van der Waals surface area contributed by atoms with Crippen molar-refractivity contribution in [2.24, 2.45) is 0 Å². The molecule has 116 valence electrons. The van der Waals surface area contributed by atoms with Crippen LogP contribution in [0.4, 0.5) is 11.6 Å². The van der Waals surface area contributed by atoms with Crippen molar-refractivity contribution < 1.29 is 4.79 Å². The van der Waals surface area contributed by atoms with Crippen LogP contribution in [0.15, 0.2) is 30.5 Å². The number of aryl methyl sites for hydroxylation is 2. The maximum absolute atomic E-state index is 12.3. The van der Waals surface area contributed by atoms with E-state index in [4.69, 9.17) is 0 Å². The van der Waals surface area contributed by atoms with Gasteiger partial charge >= 0.3 is 0 Å². The number of amides is 1. The summed E-state index contributed by atoms with van der Waals surface area (Å²) < 4.78 is 0. The van der Waals surface area contributed by atoms with Gasteiger partial charge in [-0.2, -0.15) is 0 Å². The summed E-state index contributed by atoms with van der Waals surface area (Å²) in [4.78, 5) is 22.6. The molecule has 0 aliphatic heterocycles. The van der Waals surface area contributed by atoms with E-state index in [1.54, 1.807) is 17.2 Å². The third kappa shape index (κ3) is 3.61. The van der Waals surface area contributed by atoms with Crippen molar-refractivity contribution >= 4 is 17.5 Å². The molecule has 1 aromatic heterocycles. The molecule has 0 fully saturated rings. The topological polar surface area (TPSA) is 58.1 Å². The van der Waals surface area contributed by atoms with E-state index in [0.717, 1.165) is 5.69 Å². The summed E-state index contributed by atoms with van der Waals surface area (Å²) in [5.41, 5.74) is 3.75. The van der Waals surface area contributed by atoms with Crippen LogP contribution in [-0.2, 0) is 0 Å². The molecule has 1 aromatic carbocycles. The summed E-state index contributed by atoms with van der Waals surface area (Å²) in [6.45, 7) is 9.37. The summed E-state index contributed by atoms with van der Waals surface area (Å²) in [6, 6.07) is 7.71. The van der Waals surface area contributed by atoms with Crippen molar-refractivity contribution in [3.8, 4) is 0 Å². The fraction of sp³-hybridized carbons (Fsp3) is 0.353. The molecule has 0 spiro atoms. The zero-order valence-corrected chi connectivity index (χ0v) is 13.6. The maximum atomic E-state index is 12.3. The predicted octanol–water partition coefficient (Wildman–Crippen LogP) is 3.32. The van der Waals surface area contributed by atoms with Gasteiger partial charge in [0.15, 0.2) is 0 Å². The van der Waals surface area contributed by atoms with Gasteiger partial charge in [0.2, 0.25) is 5.95 Å². The Morgan fingerprint density at radius 1 is 1.14 bits per heavy atom. The second-order valence-electron chi connectivity index (χ2n) is 5.17. The number of rotatable bonds is 5. The molecule has 0 atom stereocenters. The molecule has 0 aliphatic carbocycles. The average molecular weight is 298 g/mol. The van der Waals surface area contributed by atoms with E-state index in [0.29, 0.717) is 24.7 Å². The van der Waals surface area contributed by atoms with E-state index in [2.05, 4.69) is 29.1 Å². The SMILES string of the molecule is CCN(CC)C(=O)c1ccnc(Nc2ccc(C)c(C)c2)n1. The first-order chi connectivity index (χ1) is 10.5. The first kappa shape index (κ1) is 15.9. The first-order valence-corrected chi connectivity index (χ1v) is 7.51. The molecule has 5 nitrogen and oxygen atoms in total. The minimum absolute atomic E-state index is 0.0736. The lowest BCUT2D eigenvalue weighted by Crippen LogP contribution is -2.31. The molecule has 1 N–H and O–H groups in total. The van der Waals surface area contributed by atoms with Gasteiger partial charge in [-0.25, -0.2) is 9.97 Å². The van der Waals surface area contributed by atoms with Gasteiger partial charge in [0.25, 0.3) is 5.91 Å². The first-order valence-electron chi connectivity index (χ1n) is 7.51. The molecule has 0 saturated carbocycles. The Labute approximate surface area is 131 Å². The molecule has 2 rings (SSSR count).